The first kappa shape index (κ1) is 15.8. The lowest BCUT2D eigenvalue weighted by Gasteiger charge is -2.24. The third-order valence-corrected chi connectivity index (χ3v) is 4.26. The highest BCUT2D eigenvalue weighted by atomic mass is 32.1. The van der Waals surface area contributed by atoms with E-state index in [1.165, 1.54) is 11.3 Å². The lowest BCUT2D eigenvalue weighted by atomic mass is 10.2. The summed E-state index contributed by atoms with van der Waals surface area (Å²) < 4.78 is 5.01. The summed E-state index contributed by atoms with van der Waals surface area (Å²) in [6, 6.07) is 0. The molecule has 2 heterocycles. The zero-order valence-corrected chi connectivity index (χ0v) is 13.3. The SMILES string of the molecule is CCCCC(=O)Nc1nc2c(s1)CN(C(=O)OCC)CC2. The highest BCUT2D eigenvalue weighted by Crippen LogP contribution is 2.28. The molecule has 1 aromatic rings. The van der Waals surface area contributed by atoms with Crippen molar-refractivity contribution in [2.45, 2.75) is 46.1 Å². The van der Waals surface area contributed by atoms with Gasteiger partial charge in [-0.15, -0.1) is 0 Å². The topological polar surface area (TPSA) is 71.5 Å². The van der Waals surface area contributed by atoms with Crippen molar-refractivity contribution in [3.8, 4) is 0 Å². The van der Waals surface area contributed by atoms with Crippen molar-refractivity contribution < 1.29 is 14.3 Å². The maximum Gasteiger partial charge on any atom is 0.410 e. The Balaban J connectivity index is 1.96. The number of carbonyl (C=O) groups excluding carboxylic acids is 2. The second kappa shape index (κ2) is 7.40. The van der Waals surface area contributed by atoms with Crippen molar-refractivity contribution in [1.82, 2.24) is 9.88 Å². The molecule has 0 saturated heterocycles. The standard InChI is InChI=1S/C14H21N3O3S/c1-3-5-6-12(18)16-13-15-10-7-8-17(9-11(10)21-13)14(19)20-4-2/h3-9H2,1-2H3,(H,15,16,18). The van der Waals surface area contributed by atoms with Gasteiger partial charge >= 0.3 is 6.09 Å². The molecule has 2 rings (SSSR count). The molecule has 1 aliphatic heterocycles. The van der Waals surface area contributed by atoms with Crippen LogP contribution < -0.4 is 5.32 Å². The number of ether oxygens (including phenoxy) is 1. The van der Waals surface area contributed by atoms with E-state index in [1.807, 2.05) is 0 Å². The zero-order valence-electron chi connectivity index (χ0n) is 12.5. The molecule has 0 atom stereocenters. The number of fused-ring (bicyclic) bond motifs is 1. The average Bonchev–Trinajstić information content (AvgIpc) is 2.86. The summed E-state index contributed by atoms with van der Waals surface area (Å²) in [5.74, 6) is 0.00481. The molecule has 7 heteroatoms. The Morgan fingerprint density at radius 3 is 2.95 bits per heavy atom. The number of hydrogen-bond acceptors (Lipinski definition) is 5. The van der Waals surface area contributed by atoms with Crippen molar-refractivity contribution >= 4 is 28.5 Å². The highest BCUT2D eigenvalue weighted by molar-refractivity contribution is 7.15. The molecule has 0 bridgehead atoms. The van der Waals surface area contributed by atoms with E-state index in [2.05, 4.69) is 17.2 Å². The number of nitrogens with zero attached hydrogens (tertiary/aromatic N) is 2. The van der Waals surface area contributed by atoms with E-state index < -0.39 is 0 Å². The highest BCUT2D eigenvalue weighted by Gasteiger charge is 2.25. The van der Waals surface area contributed by atoms with Gasteiger partial charge in [0.2, 0.25) is 5.91 Å². The number of aromatic nitrogens is 1. The molecule has 2 amide bonds. The predicted molar refractivity (Wildman–Crippen MR) is 81.4 cm³/mol. The normalized spacial score (nSPS) is 13.7. The molecule has 0 aromatic carbocycles. The molecule has 116 valence electrons. The molecule has 1 N–H and O–H groups in total. The van der Waals surface area contributed by atoms with Crippen molar-refractivity contribution in [2.75, 3.05) is 18.5 Å². The van der Waals surface area contributed by atoms with Gasteiger partial charge in [-0.05, 0) is 13.3 Å². The minimum absolute atomic E-state index is 0.00481. The van der Waals surface area contributed by atoms with Crippen molar-refractivity contribution in [3.05, 3.63) is 10.6 Å². The number of nitrogens with one attached hydrogen (secondary N) is 1. The van der Waals surface area contributed by atoms with Crippen LogP contribution in [0.2, 0.25) is 0 Å². The minimum atomic E-state index is -0.287. The fourth-order valence-electron chi connectivity index (χ4n) is 2.14. The van der Waals surface area contributed by atoms with E-state index >= 15 is 0 Å². The van der Waals surface area contributed by atoms with Crippen molar-refractivity contribution in [2.24, 2.45) is 0 Å². The number of unbranched alkanes of at least 4 members (excludes halogenated alkanes) is 1. The van der Waals surface area contributed by atoms with Crippen molar-refractivity contribution in [1.29, 1.82) is 0 Å². The molecule has 1 aromatic heterocycles. The van der Waals surface area contributed by atoms with Gasteiger partial charge in [0, 0.05) is 24.3 Å². The van der Waals surface area contributed by atoms with Crippen LogP contribution >= 0.6 is 11.3 Å². The van der Waals surface area contributed by atoms with E-state index in [4.69, 9.17) is 4.74 Å². The van der Waals surface area contributed by atoms with Crippen LogP contribution in [0.3, 0.4) is 0 Å². The molecule has 0 fully saturated rings. The maximum atomic E-state index is 11.7. The summed E-state index contributed by atoms with van der Waals surface area (Å²) >= 11 is 1.44. The Labute approximate surface area is 128 Å². The summed E-state index contributed by atoms with van der Waals surface area (Å²) in [6.45, 7) is 5.35. The second-order valence-electron chi connectivity index (χ2n) is 4.91. The molecule has 0 aliphatic carbocycles. The number of thiazole rings is 1. The number of anilines is 1. The smallest absolute Gasteiger partial charge is 0.410 e. The minimum Gasteiger partial charge on any atom is -0.450 e. The third kappa shape index (κ3) is 4.17. The summed E-state index contributed by atoms with van der Waals surface area (Å²) in [5.41, 5.74) is 0.978. The van der Waals surface area contributed by atoms with Gasteiger partial charge in [-0.25, -0.2) is 9.78 Å². The van der Waals surface area contributed by atoms with Crippen LogP contribution in [0.1, 0.15) is 43.7 Å². The number of amides is 2. The lowest BCUT2D eigenvalue weighted by Crippen LogP contribution is -2.35. The maximum absolute atomic E-state index is 11.7. The molecule has 21 heavy (non-hydrogen) atoms. The molecule has 1 aliphatic rings. The van der Waals surface area contributed by atoms with Crippen LogP contribution in [0.25, 0.3) is 0 Å². The van der Waals surface area contributed by atoms with Crippen molar-refractivity contribution in [3.63, 3.8) is 0 Å². The summed E-state index contributed by atoms with van der Waals surface area (Å²) in [7, 11) is 0. The summed E-state index contributed by atoms with van der Waals surface area (Å²) in [4.78, 5) is 30.6. The van der Waals surface area contributed by atoms with E-state index in [9.17, 15) is 9.59 Å². The molecule has 0 saturated carbocycles. The molecule has 6 nitrogen and oxygen atoms in total. The number of hydrogen-bond donors (Lipinski definition) is 1. The van der Waals surface area contributed by atoms with Gasteiger partial charge < -0.3 is 15.0 Å². The van der Waals surface area contributed by atoms with Gasteiger partial charge in [-0.2, -0.15) is 0 Å². The number of carbonyl (C=O) groups is 2. The second-order valence-corrected chi connectivity index (χ2v) is 5.99. The first-order chi connectivity index (χ1) is 10.1. The summed E-state index contributed by atoms with van der Waals surface area (Å²) in [5, 5.41) is 3.47. The largest absolute Gasteiger partial charge is 0.450 e. The molecule has 0 radical (unpaired) electrons. The van der Waals surface area contributed by atoms with E-state index in [1.54, 1.807) is 11.8 Å². The third-order valence-electron chi connectivity index (χ3n) is 3.26. The predicted octanol–water partition coefficient (Wildman–Crippen LogP) is 2.79. The Bertz CT molecular complexity index is 516. The van der Waals surface area contributed by atoms with Gasteiger partial charge in [-0.1, -0.05) is 24.7 Å². The number of rotatable bonds is 5. The average molecular weight is 311 g/mol. The Morgan fingerprint density at radius 1 is 1.43 bits per heavy atom. The van der Waals surface area contributed by atoms with Gasteiger partial charge in [0.15, 0.2) is 5.13 Å². The van der Waals surface area contributed by atoms with Crippen LogP contribution in [0.4, 0.5) is 9.93 Å². The van der Waals surface area contributed by atoms with Gasteiger partial charge in [0.25, 0.3) is 0 Å². The fourth-order valence-corrected chi connectivity index (χ4v) is 3.18. The molecular weight excluding hydrogens is 290 g/mol. The molecule has 0 spiro atoms. The van der Waals surface area contributed by atoms with Gasteiger partial charge in [-0.3, -0.25) is 4.79 Å². The summed E-state index contributed by atoms with van der Waals surface area (Å²) in [6.07, 6.45) is 2.82. The molecule has 0 unspecified atom stereocenters. The first-order valence-corrected chi connectivity index (χ1v) is 8.15. The van der Waals surface area contributed by atoms with E-state index in [0.29, 0.717) is 37.7 Å². The van der Waals surface area contributed by atoms with Crippen LogP contribution in [-0.4, -0.2) is 35.0 Å². The quantitative estimate of drug-likeness (QED) is 0.907. The van der Waals surface area contributed by atoms with E-state index in [0.717, 1.165) is 23.4 Å². The monoisotopic (exact) mass is 311 g/mol. The van der Waals surface area contributed by atoms with Gasteiger partial charge in [0.1, 0.15) is 0 Å². The van der Waals surface area contributed by atoms with E-state index in [-0.39, 0.29) is 12.0 Å². The first-order valence-electron chi connectivity index (χ1n) is 7.34. The Kier molecular flexibility index (Phi) is 5.55. The van der Waals surface area contributed by atoms with Crippen LogP contribution in [0, 0.1) is 0 Å². The van der Waals surface area contributed by atoms with Crippen LogP contribution in [-0.2, 0) is 22.5 Å². The Hall–Kier alpha value is -1.63. The van der Waals surface area contributed by atoms with Crippen LogP contribution in [0.5, 0.6) is 0 Å². The lowest BCUT2D eigenvalue weighted by molar-refractivity contribution is -0.116. The van der Waals surface area contributed by atoms with Crippen LogP contribution in [0.15, 0.2) is 0 Å². The zero-order chi connectivity index (χ0) is 15.2. The van der Waals surface area contributed by atoms with Gasteiger partial charge in [0.05, 0.1) is 18.8 Å². The fraction of sp³-hybridized carbons (Fsp3) is 0.643. The molecular formula is C14H21N3O3S. The Morgan fingerprint density at radius 2 is 2.24 bits per heavy atom.